The molecule has 0 N–H and O–H groups in total. The van der Waals surface area contributed by atoms with Crippen LogP contribution in [0.3, 0.4) is 0 Å². The molecule has 0 aromatic carbocycles. The van der Waals surface area contributed by atoms with Crippen LogP contribution in [0, 0.1) is 0 Å². The molecule has 7 heavy (non-hydrogen) atoms. The van der Waals surface area contributed by atoms with Crippen molar-refractivity contribution in [2.75, 3.05) is 0 Å². The molecular weight excluding hydrogens is 129 g/mol. The maximum atomic E-state index is 3.75. The summed E-state index contributed by atoms with van der Waals surface area (Å²) in [6.07, 6.45) is 5.06. The van der Waals surface area contributed by atoms with Crippen molar-refractivity contribution < 1.29 is 17.2 Å². The van der Waals surface area contributed by atoms with Gasteiger partial charge in [-0.05, 0) is 0 Å². The standard InChI is InChI=1S/C3H3N3.V/c4-6-2-1-5-3-6;/h1-3H;. The minimum absolute atomic E-state index is 1.61. The van der Waals surface area contributed by atoms with Crippen molar-refractivity contribution >= 4 is 0 Å². The Kier molecular flexibility index (Phi) is 1.39. The molecule has 1 rings (SSSR count). The molecule has 0 atom stereocenters. The van der Waals surface area contributed by atoms with Crippen LogP contribution in [0.1, 0.15) is 0 Å². The van der Waals surface area contributed by atoms with E-state index in [9.17, 15) is 0 Å². The molecule has 0 unspecified atom stereocenters. The van der Waals surface area contributed by atoms with Crippen LogP contribution >= 0.6 is 0 Å². The summed E-state index contributed by atoms with van der Waals surface area (Å²) < 4.78 is 5.33. The number of hydrogen-bond acceptors (Lipinski definition) is 2. The molecule has 0 saturated heterocycles. The van der Waals surface area contributed by atoms with E-state index in [0.717, 1.165) is 0 Å². The van der Waals surface area contributed by atoms with Gasteiger partial charge in [-0.3, -0.25) is 0 Å². The van der Waals surface area contributed by atoms with Gasteiger partial charge in [-0.15, -0.1) is 0 Å². The Balaban J connectivity index is 2.96. The fourth-order valence-electron chi connectivity index (χ4n) is 0.305. The summed E-state index contributed by atoms with van der Waals surface area (Å²) in [7, 11) is 0. The van der Waals surface area contributed by atoms with E-state index in [4.69, 9.17) is 0 Å². The van der Waals surface area contributed by atoms with Gasteiger partial charge in [0.2, 0.25) is 0 Å². The Morgan fingerprint density at radius 1 is 1.71 bits per heavy atom. The fourth-order valence-corrected chi connectivity index (χ4v) is 0.470. The molecule has 0 fully saturated rings. The zero-order valence-corrected chi connectivity index (χ0v) is 4.92. The second-order valence-electron chi connectivity index (χ2n) is 1.03. The van der Waals surface area contributed by atoms with Crippen LogP contribution in [-0.4, -0.2) is 9.66 Å². The van der Waals surface area contributed by atoms with E-state index >= 15 is 0 Å². The van der Waals surface area contributed by atoms with E-state index in [1.165, 1.54) is 0 Å². The Morgan fingerprint density at radius 2 is 2.57 bits per heavy atom. The first kappa shape index (κ1) is 4.75. The van der Waals surface area contributed by atoms with Gasteiger partial charge in [0.05, 0.1) is 0 Å². The minimum atomic E-state index is 1.61. The van der Waals surface area contributed by atoms with Gasteiger partial charge in [-0.2, -0.15) is 0 Å². The third-order valence-corrected chi connectivity index (χ3v) is 0.916. The van der Waals surface area contributed by atoms with Crippen molar-refractivity contribution in [3.63, 3.8) is 0 Å². The second kappa shape index (κ2) is 2.05. The zero-order valence-electron chi connectivity index (χ0n) is 3.52. The van der Waals surface area contributed by atoms with Crippen molar-refractivity contribution in [3.05, 3.63) is 18.7 Å². The van der Waals surface area contributed by atoms with Crippen molar-refractivity contribution in [2.45, 2.75) is 0 Å². The van der Waals surface area contributed by atoms with Crippen LogP contribution < -0.4 is 0 Å². The number of aromatic nitrogens is 2. The monoisotopic (exact) mass is 132 g/mol. The zero-order chi connectivity index (χ0) is 5.11. The number of hydrogen-bond donors (Lipinski definition) is 0. The summed E-state index contributed by atoms with van der Waals surface area (Å²) in [6.45, 7) is 0. The van der Waals surface area contributed by atoms with Gasteiger partial charge < -0.3 is 0 Å². The van der Waals surface area contributed by atoms with E-state index in [1.807, 2.05) is 0 Å². The number of imidazole rings is 1. The molecule has 0 bridgehead atoms. The summed E-state index contributed by atoms with van der Waals surface area (Å²) in [5.41, 5.74) is 0. The summed E-state index contributed by atoms with van der Waals surface area (Å²) in [4.78, 5) is 3.75. The van der Waals surface area contributed by atoms with Crippen LogP contribution in [0.15, 0.2) is 22.6 Å². The molecule has 0 spiro atoms. The van der Waals surface area contributed by atoms with E-state index in [0.29, 0.717) is 0 Å². The van der Waals surface area contributed by atoms with Gasteiger partial charge in [-0.25, -0.2) is 0 Å². The quantitative estimate of drug-likeness (QED) is 0.543. The summed E-state index contributed by atoms with van der Waals surface area (Å²) in [5, 5.41) is 0. The molecule has 1 aromatic rings. The Labute approximate surface area is 50.1 Å². The first-order valence-corrected chi connectivity index (χ1v) is 2.39. The van der Waals surface area contributed by atoms with Gasteiger partial charge in [0.25, 0.3) is 0 Å². The molecule has 0 saturated carbocycles. The van der Waals surface area contributed by atoms with Gasteiger partial charge >= 0.3 is 49.5 Å². The van der Waals surface area contributed by atoms with Crippen LogP contribution in [0.5, 0.6) is 0 Å². The maximum absolute atomic E-state index is 3.75. The van der Waals surface area contributed by atoms with Crippen molar-refractivity contribution in [2.24, 2.45) is 3.90 Å². The van der Waals surface area contributed by atoms with Crippen molar-refractivity contribution in [1.29, 1.82) is 0 Å². The normalized spacial score (nSPS) is 8.43. The topological polar surface area (TPSA) is 30.2 Å². The number of rotatable bonds is 1. The second-order valence-corrected chi connectivity index (χ2v) is 1.31. The molecule has 35 valence electrons. The summed E-state index contributed by atoms with van der Waals surface area (Å²) in [5.74, 6) is 0. The average Bonchev–Trinajstić information content (AvgIpc) is 2.14. The Hall–Kier alpha value is -0.406. The predicted octanol–water partition coefficient (Wildman–Crippen LogP) is 0.377. The third kappa shape index (κ3) is 0.979. The van der Waals surface area contributed by atoms with Crippen LogP contribution in [0.4, 0.5) is 0 Å². The molecule has 0 aliphatic carbocycles. The first-order chi connectivity index (χ1) is 3.43. The van der Waals surface area contributed by atoms with Gasteiger partial charge in [0.15, 0.2) is 0 Å². The number of nitrogens with zero attached hydrogens (tertiary/aromatic N) is 3. The third-order valence-electron chi connectivity index (χ3n) is 0.594. The van der Waals surface area contributed by atoms with Gasteiger partial charge in [0.1, 0.15) is 0 Å². The van der Waals surface area contributed by atoms with Crippen LogP contribution in [-0.2, 0) is 17.2 Å². The van der Waals surface area contributed by atoms with Crippen molar-refractivity contribution in [3.8, 4) is 0 Å². The van der Waals surface area contributed by atoms with E-state index in [-0.39, 0.29) is 0 Å². The molecule has 4 heteroatoms. The van der Waals surface area contributed by atoms with E-state index in [2.05, 4.69) is 26.1 Å². The SMILES string of the molecule is [V]=[N]n1ccnc1. The molecule has 0 amide bonds. The Bertz CT molecular complexity index is 145. The van der Waals surface area contributed by atoms with Gasteiger partial charge in [0, 0.05) is 0 Å². The van der Waals surface area contributed by atoms with Crippen LogP contribution in [0.2, 0.25) is 0 Å². The molecule has 0 aliphatic heterocycles. The molecule has 3 nitrogen and oxygen atoms in total. The van der Waals surface area contributed by atoms with E-state index in [1.54, 1.807) is 23.4 Å². The Morgan fingerprint density at radius 3 is 2.86 bits per heavy atom. The molecular formula is C3H3N3V. The van der Waals surface area contributed by atoms with Crippen LogP contribution in [0.25, 0.3) is 0 Å². The van der Waals surface area contributed by atoms with Crippen molar-refractivity contribution in [1.82, 2.24) is 9.66 Å². The predicted molar refractivity (Wildman–Crippen MR) is 20.1 cm³/mol. The van der Waals surface area contributed by atoms with Gasteiger partial charge in [-0.1, -0.05) is 0 Å². The first-order valence-electron chi connectivity index (χ1n) is 1.77. The average molecular weight is 132 g/mol. The van der Waals surface area contributed by atoms with E-state index < -0.39 is 0 Å². The molecule has 1 heterocycles. The fraction of sp³-hybridized carbons (Fsp3) is 0. The molecule has 1 aromatic heterocycles. The summed E-state index contributed by atoms with van der Waals surface area (Å²) >= 11 is 2.10. The summed E-state index contributed by atoms with van der Waals surface area (Å²) in [6, 6.07) is 0. The molecule has 0 aliphatic rings. The molecule has 0 radical (unpaired) electrons.